The molecule has 6 nitrogen and oxygen atoms in total. The summed E-state index contributed by atoms with van der Waals surface area (Å²) in [4.78, 5) is 16.9. The van der Waals surface area contributed by atoms with E-state index in [9.17, 15) is 10.1 Å². The van der Waals surface area contributed by atoms with Gasteiger partial charge in [-0.1, -0.05) is 48.1 Å². The first-order chi connectivity index (χ1) is 16.2. The van der Waals surface area contributed by atoms with Gasteiger partial charge >= 0.3 is 6.09 Å². The summed E-state index contributed by atoms with van der Waals surface area (Å²) >= 11 is 0. The van der Waals surface area contributed by atoms with Crippen LogP contribution in [0, 0.1) is 11.3 Å². The van der Waals surface area contributed by atoms with Crippen LogP contribution in [0.5, 0.6) is 0 Å². The Labute approximate surface area is 201 Å². The lowest BCUT2D eigenvalue weighted by molar-refractivity contribution is 0.0532. The molecule has 0 fully saturated rings. The summed E-state index contributed by atoms with van der Waals surface area (Å²) in [6, 6.07) is 14.5. The highest BCUT2D eigenvalue weighted by atomic mass is 16.6. The summed E-state index contributed by atoms with van der Waals surface area (Å²) in [6.45, 7) is 7.84. The van der Waals surface area contributed by atoms with Gasteiger partial charge in [0.05, 0.1) is 23.4 Å². The van der Waals surface area contributed by atoms with E-state index in [4.69, 9.17) is 15.5 Å². The van der Waals surface area contributed by atoms with Gasteiger partial charge in [0.1, 0.15) is 5.60 Å². The van der Waals surface area contributed by atoms with Crippen molar-refractivity contribution < 1.29 is 9.53 Å². The Morgan fingerprint density at radius 3 is 2.59 bits per heavy atom. The minimum atomic E-state index is -0.525. The molecule has 0 saturated carbocycles. The molecule has 2 aromatic rings. The van der Waals surface area contributed by atoms with E-state index in [0.29, 0.717) is 12.2 Å². The number of carbonyl (C=O) groups excluding carboxylic acids is 1. The van der Waals surface area contributed by atoms with Crippen LogP contribution in [0.3, 0.4) is 0 Å². The lowest BCUT2D eigenvalue weighted by Gasteiger charge is -2.22. The van der Waals surface area contributed by atoms with Gasteiger partial charge in [0.25, 0.3) is 0 Å². The summed E-state index contributed by atoms with van der Waals surface area (Å²) in [5.74, 6) is -0.319. The average molecular weight is 457 g/mol. The summed E-state index contributed by atoms with van der Waals surface area (Å²) in [5.41, 5.74) is 11.8. The summed E-state index contributed by atoms with van der Waals surface area (Å²) in [7, 11) is 0. The molecule has 1 unspecified atom stereocenters. The third-order valence-corrected chi connectivity index (χ3v) is 5.48. The molecule has 0 spiro atoms. The van der Waals surface area contributed by atoms with Crippen molar-refractivity contribution in [1.82, 2.24) is 10.3 Å². The molecule has 0 saturated heterocycles. The predicted octanol–water partition coefficient (Wildman–Crippen LogP) is 5.93. The molecule has 0 radical (unpaired) electrons. The van der Waals surface area contributed by atoms with Gasteiger partial charge in [-0.2, -0.15) is 5.26 Å². The standard InChI is InChI=1S/C28H32N4O2/c1-19(17-30)23-16-24(21-8-6-5-7-9-21)26(32-25(23)14-15-29)22-12-10-20(11-13-22)18-31-27(33)34-28(2,3)4/h5-10,12,14-16,19H,11,13,18,29H2,1-4H3,(H,31,33)/b15-14-. The molecule has 0 aliphatic heterocycles. The van der Waals surface area contributed by atoms with Crippen LogP contribution < -0.4 is 11.1 Å². The summed E-state index contributed by atoms with van der Waals surface area (Å²) in [5, 5.41) is 12.4. The predicted molar refractivity (Wildman–Crippen MR) is 136 cm³/mol. The second-order valence-corrected chi connectivity index (χ2v) is 9.31. The first-order valence-electron chi connectivity index (χ1n) is 11.5. The highest BCUT2D eigenvalue weighted by Gasteiger charge is 2.20. The summed E-state index contributed by atoms with van der Waals surface area (Å²) < 4.78 is 5.32. The van der Waals surface area contributed by atoms with E-state index in [-0.39, 0.29) is 5.92 Å². The molecule has 176 valence electrons. The Balaban J connectivity index is 1.96. The smallest absolute Gasteiger partial charge is 0.407 e. The van der Waals surface area contributed by atoms with Gasteiger partial charge in [-0.25, -0.2) is 9.78 Å². The fourth-order valence-corrected chi connectivity index (χ4v) is 3.79. The Kier molecular flexibility index (Phi) is 7.91. The number of amides is 1. The zero-order valence-electron chi connectivity index (χ0n) is 20.3. The molecular formula is C28H32N4O2. The van der Waals surface area contributed by atoms with Crippen LogP contribution in [-0.4, -0.2) is 23.2 Å². The van der Waals surface area contributed by atoms with Crippen LogP contribution in [0.25, 0.3) is 22.8 Å². The number of allylic oxidation sites excluding steroid dienone is 3. The number of rotatable bonds is 6. The van der Waals surface area contributed by atoms with Gasteiger partial charge in [-0.05, 0) is 75.6 Å². The van der Waals surface area contributed by atoms with Crippen LogP contribution >= 0.6 is 0 Å². The molecule has 1 atom stereocenters. The van der Waals surface area contributed by atoms with E-state index in [2.05, 4.69) is 35.7 Å². The van der Waals surface area contributed by atoms with E-state index in [1.165, 1.54) is 6.20 Å². The molecule has 1 aliphatic carbocycles. The third kappa shape index (κ3) is 6.35. The van der Waals surface area contributed by atoms with Gasteiger partial charge in [0.15, 0.2) is 0 Å². The number of alkyl carbamates (subject to hydrolysis) is 1. The third-order valence-electron chi connectivity index (χ3n) is 5.48. The number of aromatic nitrogens is 1. The van der Waals surface area contributed by atoms with E-state index >= 15 is 0 Å². The van der Waals surface area contributed by atoms with Crippen LogP contribution in [0.2, 0.25) is 0 Å². The van der Waals surface area contributed by atoms with Crippen molar-refractivity contribution in [2.75, 3.05) is 6.54 Å². The van der Waals surface area contributed by atoms with Gasteiger partial charge < -0.3 is 15.8 Å². The maximum Gasteiger partial charge on any atom is 0.407 e. The van der Waals surface area contributed by atoms with Gasteiger partial charge in [-0.3, -0.25) is 0 Å². The van der Waals surface area contributed by atoms with Gasteiger partial charge in [-0.15, -0.1) is 0 Å². The first-order valence-corrected chi connectivity index (χ1v) is 11.5. The largest absolute Gasteiger partial charge is 0.444 e. The quantitative estimate of drug-likeness (QED) is 0.561. The van der Waals surface area contributed by atoms with Crippen LogP contribution in [0.4, 0.5) is 4.79 Å². The monoisotopic (exact) mass is 456 g/mol. The second kappa shape index (κ2) is 10.8. The van der Waals surface area contributed by atoms with Crippen molar-refractivity contribution in [3.05, 3.63) is 77.3 Å². The number of hydrogen-bond acceptors (Lipinski definition) is 5. The van der Waals surface area contributed by atoms with E-state index < -0.39 is 11.7 Å². The number of pyridine rings is 1. The molecule has 1 aliphatic rings. The Morgan fingerprint density at radius 2 is 2.00 bits per heavy atom. The molecule has 0 bridgehead atoms. The zero-order valence-corrected chi connectivity index (χ0v) is 20.3. The Bertz CT molecular complexity index is 1170. The van der Waals surface area contributed by atoms with Crippen molar-refractivity contribution in [3.63, 3.8) is 0 Å². The fraction of sp³-hybridized carbons (Fsp3) is 0.321. The highest BCUT2D eigenvalue weighted by Crippen LogP contribution is 2.36. The number of ether oxygens (including phenoxy) is 1. The first kappa shape index (κ1) is 24.8. The lowest BCUT2D eigenvalue weighted by atomic mass is 9.88. The van der Waals surface area contributed by atoms with Crippen LogP contribution in [0.1, 0.15) is 63.4 Å². The number of nitrogens with two attached hydrogens (primary N) is 1. The topological polar surface area (TPSA) is 101 Å². The maximum absolute atomic E-state index is 12.0. The van der Waals surface area contributed by atoms with E-state index in [0.717, 1.165) is 46.4 Å². The van der Waals surface area contributed by atoms with Crippen LogP contribution in [0.15, 0.2) is 60.3 Å². The van der Waals surface area contributed by atoms with Crippen molar-refractivity contribution in [2.24, 2.45) is 5.73 Å². The van der Waals surface area contributed by atoms with E-state index in [1.54, 1.807) is 6.08 Å². The maximum atomic E-state index is 12.0. The highest BCUT2D eigenvalue weighted by molar-refractivity contribution is 5.82. The number of nitrogens with zero attached hydrogens (tertiary/aromatic N) is 2. The Morgan fingerprint density at radius 1 is 1.26 bits per heavy atom. The molecule has 3 N–H and O–H groups in total. The summed E-state index contributed by atoms with van der Waals surface area (Å²) in [6.07, 6.45) is 8.47. The minimum absolute atomic E-state index is 0.319. The molecular weight excluding hydrogens is 424 g/mol. The molecule has 34 heavy (non-hydrogen) atoms. The number of hydrogen-bond donors (Lipinski definition) is 2. The SMILES string of the molecule is CC(C#N)c1cc(-c2ccccc2)c(C2=CC=C(CNC(=O)OC(C)(C)C)CC2)nc1/C=C\N. The fourth-order valence-electron chi connectivity index (χ4n) is 3.79. The minimum Gasteiger partial charge on any atom is -0.444 e. The molecule has 6 heteroatoms. The lowest BCUT2D eigenvalue weighted by Crippen LogP contribution is -2.33. The van der Waals surface area contributed by atoms with E-state index in [1.807, 2.05) is 52.0 Å². The molecule has 1 aromatic heterocycles. The molecule has 1 amide bonds. The van der Waals surface area contributed by atoms with Crippen molar-refractivity contribution >= 4 is 17.7 Å². The molecule has 1 heterocycles. The zero-order chi connectivity index (χ0) is 24.7. The number of carbonyl (C=O) groups is 1. The number of nitriles is 1. The second-order valence-electron chi connectivity index (χ2n) is 9.31. The average Bonchev–Trinajstić information content (AvgIpc) is 2.82. The van der Waals surface area contributed by atoms with Gasteiger partial charge in [0.2, 0.25) is 0 Å². The van der Waals surface area contributed by atoms with Crippen LogP contribution in [-0.2, 0) is 4.74 Å². The molecule has 3 rings (SSSR count). The number of benzene rings is 1. The van der Waals surface area contributed by atoms with Crippen molar-refractivity contribution in [2.45, 2.75) is 52.1 Å². The normalized spacial score (nSPS) is 14.7. The van der Waals surface area contributed by atoms with Crippen molar-refractivity contribution in [1.29, 1.82) is 5.26 Å². The number of nitrogens with one attached hydrogen (secondary N) is 1. The van der Waals surface area contributed by atoms with Gasteiger partial charge in [0, 0.05) is 12.1 Å². The molecule has 1 aromatic carbocycles. The van der Waals surface area contributed by atoms with Crippen molar-refractivity contribution in [3.8, 4) is 17.2 Å². The Hall–Kier alpha value is -3.85.